The highest BCUT2D eigenvalue weighted by Gasteiger charge is 2.07. The third-order valence-corrected chi connectivity index (χ3v) is 2.32. The molecule has 0 bridgehead atoms. The molecule has 0 aliphatic carbocycles. The molecule has 1 atom stereocenters. The molecule has 0 radical (unpaired) electrons. The molecule has 1 rings (SSSR count). The Hall–Kier alpha value is -1.39. The summed E-state index contributed by atoms with van der Waals surface area (Å²) in [5.74, 6) is -0.0306. The van der Waals surface area contributed by atoms with Gasteiger partial charge in [-0.1, -0.05) is 30.3 Å². The second kappa shape index (κ2) is 7.04. The summed E-state index contributed by atoms with van der Waals surface area (Å²) in [7, 11) is 1.81. The fourth-order valence-electron chi connectivity index (χ4n) is 1.61. The van der Waals surface area contributed by atoms with Crippen molar-refractivity contribution in [1.82, 2.24) is 10.2 Å². The predicted molar refractivity (Wildman–Crippen MR) is 67.5 cm³/mol. The van der Waals surface area contributed by atoms with Crippen LogP contribution in [0.15, 0.2) is 30.3 Å². The van der Waals surface area contributed by atoms with Crippen molar-refractivity contribution in [2.45, 2.75) is 19.6 Å². The molecule has 17 heavy (non-hydrogen) atoms. The Labute approximate surface area is 102 Å². The van der Waals surface area contributed by atoms with E-state index in [1.807, 2.05) is 37.4 Å². The second-order valence-electron chi connectivity index (χ2n) is 4.31. The van der Waals surface area contributed by atoms with E-state index in [-0.39, 0.29) is 5.91 Å². The lowest BCUT2D eigenvalue weighted by molar-refractivity contribution is -0.122. The van der Waals surface area contributed by atoms with Gasteiger partial charge in [-0.3, -0.25) is 9.69 Å². The molecule has 4 heteroatoms. The van der Waals surface area contributed by atoms with E-state index in [2.05, 4.69) is 5.32 Å². The van der Waals surface area contributed by atoms with E-state index in [1.54, 1.807) is 11.8 Å². The van der Waals surface area contributed by atoms with Gasteiger partial charge in [0.1, 0.15) is 0 Å². The van der Waals surface area contributed by atoms with E-state index >= 15 is 0 Å². The minimum absolute atomic E-state index is 0.0306. The van der Waals surface area contributed by atoms with Crippen LogP contribution in [0.25, 0.3) is 0 Å². The molecule has 4 nitrogen and oxygen atoms in total. The summed E-state index contributed by atoms with van der Waals surface area (Å²) in [6, 6.07) is 9.78. The number of hydrogen-bond acceptors (Lipinski definition) is 3. The number of rotatable bonds is 6. The minimum atomic E-state index is -0.415. The molecule has 0 fully saturated rings. The van der Waals surface area contributed by atoms with Crippen LogP contribution in [0.1, 0.15) is 12.5 Å². The van der Waals surface area contributed by atoms with Crippen LogP contribution in [0.3, 0.4) is 0 Å². The predicted octanol–water partition coefficient (Wildman–Crippen LogP) is 0.615. The van der Waals surface area contributed by atoms with Crippen LogP contribution in [-0.4, -0.2) is 42.2 Å². The van der Waals surface area contributed by atoms with Gasteiger partial charge in [0, 0.05) is 13.1 Å². The Morgan fingerprint density at radius 2 is 2.06 bits per heavy atom. The van der Waals surface area contributed by atoms with E-state index < -0.39 is 6.10 Å². The Morgan fingerprint density at radius 1 is 1.41 bits per heavy atom. The van der Waals surface area contributed by atoms with Crippen LogP contribution in [0.4, 0.5) is 0 Å². The SMILES string of the molecule is CC(O)CN(C)CC(=O)NCc1ccccc1. The Morgan fingerprint density at radius 3 is 2.65 bits per heavy atom. The van der Waals surface area contributed by atoms with Crippen molar-refractivity contribution in [3.63, 3.8) is 0 Å². The summed E-state index contributed by atoms with van der Waals surface area (Å²) in [4.78, 5) is 13.4. The van der Waals surface area contributed by atoms with Crippen LogP contribution in [0, 0.1) is 0 Å². The highest BCUT2D eigenvalue weighted by molar-refractivity contribution is 5.77. The van der Waals surface area contributed by atoms with Crippen molar-refractivity contribution >= 4 is 5.91 Å². The summed E-state index contributed by atoms with van der Waals surface area (Å²) in [6.07, 6.45) is -0.415. The lowest BCUT2D eigenvalue weighted by Crippen LogP contribution is -2.37. The molecule has 1 aromatic rings. The first-order valence-corrected chi connectivity index (χ1v) is 5.75. The normalized spacial score (nSPS) is 12.5. The standard InChI is InChI=1S/C13H20N2O2/c1-11(16)9-15(2)10-13(17)14-8-12-6-4-3-5-7-12/h3-7,11,16H,8-10H2,1-2H3,(H,14,17). The zero-order valence-corrected chi connectivity index (χ0v) is 10.4. The third kappa shape index (κ3) is 6.04. The van der Waals surface area contributed by atoms with Gasteiger partial charge in [0.2, 0.25) is 5.91 Å². The van der Waals surface area contributed by atoms with Gasteiger partial charge in [-0.25, -0.2) is 0 Å². The van der Waals surface area contributed by atoms with Crippen molar-refractivity contribution in [2.24, 2.45) is 0 Å². The summed E-state index contributed by atoms with van der Waals surface area (Å²) >= 11 is 0. The van der Waals surface area contributed by atoms with Crippen LogP contribution >= 0.6 is 0 Å². The van der Waals surface area contributed by atoms with E-state index in [1.165, 1.54) is 0 Å². The lowest BCUT2D eigenvalue weighted by atomic mass is 10.2. The molecular formula is C13H20N2O2. The van der Waals surface area contributed by atoms with E-state index in [4.69, 9.17) is 0 Å². The van der Waals surface area contributed by atoms with E-state index in [0.717, 1.165) is 5.56 Å². The molecule has 2 N–H and O–H groups in total. The highest BCUT2D eigenvalue weighted by Crippen LogP contribution is 1.97. The number of likely N-dealkylation sites (N-methyl/N-ethyl adjacent to an activating group) is 1. The van der Waals surface area contributed by atoms with Crippen LogP contribution in [0.2, 0.25) is 0 Å². The van der Waals surface area contributed by atoms with Gasteiger partial charge >= 0.3 is 0 Å². The van der Waals surface area contributed by atoms with Crippen LogP contribution in [-0.2, 0) is 11.3 Å². The summed E-state index contributed by atoms with van der Waals surface area (Å²) in [6.45, 7) is 3.05. The van der Waals surface area contributed by atoms with Gasteiger partial charge < -0.3 is 10.4 Å². The van der Waals surface area contributed by atoms with Crippen molar-refractivity contribution in [3.8, 4) is 0 Å². The van der Waals surface area contributed by atoms with Gasteiger partial charge in [-0.15, -0.1) is 0 Å². The Bertz CT molecular complexity index is 339. The van der Waals surface area contributed by atoms with Gasteiger partial charge in [-0.05, 0) is 19.5 Å². The average molecular weight is 236 g/mol. The molecule has 0 saturated heterocycles. The zero-order valence-electron chi connectivity index (χ0n) is 10.4. The van der Waals surface area contributed by atoms with Crippen LogP contribution < -0.4 is 5.32 Å². The number of aliphatic hydroxyl groups excluding tert-OH is 1. The fraction of sp³-hybridized carbons (Fsp3) is 0.462. The third-order valence-electron chi connectivity index (χ3n) is 2.32. The maximum absolute atomic E-state index is 11.6. The molecule has 94 valence electrons. The van der Waals surface area contributed by atoms with E-state index in [0.29, 0.717) is 19.6 Å². The average Bonchev–Trinajstić information content (AvgIpc) is 2.26. The zero-order chi connectivity index (χ0) is 12.7. The number of amides is 1. The van der Waals surface area contributed by atoms with Gasteiger partial charge in [0.05, 0.1) is 12.6 Å². The molecule has 0 aromatic heterocycles. The maximum atomic E-state index is 11.6. The molecule has 0 aliphatic heterocycles. The quantitative estimate of drug-likeness (QED) is 0.761. The first-order chi connectivity index (χ1) is 8.08. The van der Waals surface area contributed by atoms with Gasteiger partial charge in [0.15, 0.2) is 0 Å². The fourth-order valence-corrected chi connectivity index (χ4v) is 1.61. The van der Waals surface area contributed by atoms with Crippen molar-refractivity contribution in [1.29, 1.82) is 0 Å². The molecule has 0 saturated carbocycles. The van der Waals surface area contributed by atoms with Crippen LogP contribution in [0.5, 0.6) is 0 Å². The number of aliphatic hydroxyl groups is 1. The first-order valence-electron chi connectivity index (χ1n) is 5.75. The number of nitrogens with zero attached hydrogens (tertiary/aromatic N) is 1. The number of carbonyl (C=O) groups is 1. The molecule has 1 unspecified atom stereocenters. The second-order valence-corrected chi connectivity index (χ2v) is 4.31. The smallest absolute Gasteiger partial charge is 0.234 e. The molecule has 1 amide bonds. The Balaban J connectivity index is 2.26. The number of nitrogens with one attached hydrogen (secondary N) is 1. The van der Waals surface area contributed by atoms with Crippen molar-refractivity contribution in [2.75, 3.05) is 20.1 Å². The topological polar surface area (TPSA) is 52.6 Å². The lowest BCUT2D eigenvalue weighted by Gasteiger charge is -2.17. The monoisotopic (exact) mass is 236 g/mol. The molecule has 1 aromatic carbocycles. The molecular weight excluding hydrogens is 216 g/mol. The van der Waals surface area contributed by atoms with Crippen molar-refractivity contribution < 1.29 is 9.90 Å². The molecule has 0 aliphatic rings. The minimum Gasteiger partial charge on any atom is -0.392 e. The van der Waals surface area contributed by atoms with Crippen molar-refractivity contribution in [3.05, 3.63) is 35.9 Å². The summed E-state index contributed by atoms with van der Waals surface area (Å²) in [5, 5.41) is 12.0. The maximum Gasteiger partial charge on any atom is 0.234 e. The van der Waals surface area contributed by atoms with Gasteiger partial charge in [-0.2, -0.15) is 0 Å². The highest BCUT2D eigenvalue weighted by atomic mass is 16.3. The molecule has 0 spiro atoms. The number of benzene rings is 1. The summed E-state index contributed by atoms with van der Waals surface area (Å²) < 4.78 is 0. The van der Waals surface area contributed by atoms with Gasteiger partial charge in [0.25, 0.3) is 0 Å². The number of carbonyl (C=O) groups excluding carboxylic acids is 1. The first kappa shape index (κ1) is 13.7. The largest absolute Gasteiger partial charge is 0.392 e. The number of hydrogen-bond donors (Lipinski definition) is 2. The summed E-state index contributed by atoms with van der Waals surface area (Å²) in [5.41, 5.74) is 1.08. The molecule has 0 heterocycles. The van der Waals surface area contributed by atoms with E-state index in [9.17, 15) is 9.90 Å². The Kier molecular flexibility index (Phi) is 5.66.